The van der Waals surface area contributed by atoms with Crippen molar-refractivity contribution in [1.29, 1.82) is 0 Å². The quantitative estimate of drug-likeness (QED) is 0.390. The van der Waals surface area contributed by atoms with Gasteiger partial charge in [-0.1, -0.05) is 11.6 Å². The van der Waals surface area contributed by atoms with E-state index in [-0.39, 0.29) is 34.8 Å². The molecule has 1 heterocycles. The number of thiocarbonyl (C=S) groups is 1. The summed E-state index contributed by atoms with van der Waals surface area (Å²) in [6.45, 7) is 1.50. The van der Waals surface area contributed by atoms with Gasteiger partial charge >= 0.3 is 0 Å². The Balaban J connectivity index is 1.59. The van der Waals surface area contributed by atoms with Gasteiger partial charge in [0.2, 0.25) is 0 Å². The topological polar surface area (TPSA) is 65.3 Å². The van der Waals surface area contributed by atoms with Crippen LogP contribution in [0.5, 0.6) is 0 Å². The standard InChI is InChI=1S/C19H21ClF3N5S/c20-15-2-1-13(21)5-11(15)8-25-14-3-4-28(10-14)18-7-16(22)12(6-17(18)23)9-26-27-19(24)29/h1-2,5-7,14,25-26H,3-4,8-10H2,(H3,24,27,29)/t14-/m1/s1. The molecule has 5 N–H and O–H groups in total. The maximum absolute atomic E-state index is 14.6. The van der Waals surface area contributed by atoms with Crippen LogP contribution in [0.2, 0.25) is 5.02 Å². The first kappa shape index (κ1) is 21.6. The van der Waals surface area contributed by atoms with Gasteiger partial charge in [-0.3, -0.25) is 5.43 Å². The lowest BCUT2D eigenvalue weighted by Crippen LogP contribution is -2.40. The van der Waals surface area contributed by atoms with E-state index in [1.807, 2.05) is 0 Å². The van der Waals surface area contributed by atoms with Gasteiger partial charge in [-0.05, 0) is 48.5 Å². The van der Waals surface area contributed by atoms with Gasteiger partial charge in [-0.15, -0.1) is 0 Å². The molecule has 10 heteroatoms. The number of halogens is 4. The van der Waals surface area contributed by atoms with Gasteiger partial charge in [0.05, 0.1) is 5.69 Å². The minimum Gasteiger partial charge on any atom is -0.375 e. The molecule has 0 unspecified atom stereocenters. The third kappa shape index (κ3) is 5.72. The monoisotopic (exact) mass is 443 g/mol. The Hall–Kier alpha value is -2.07. The largest absolute Gasteiger partial charge is 0.375 e. The molecule has 5 nitrogen and oxygen atoms in total. The Kier molecular flexibility index (Phi) is 7.18. The van der Waals surface area contributed by atoms with Crippen LogP contribution in [-0.2, 0) is 13.1 Å². The number of nitrogens with one attached hydrogen (secondary N) is 3. The first-order valence-electron chi connectivity index (χ1n) is 9.02. The summed E-state index contributed by atoms with van der Waals surface area (Å²) in [5, 5.41) is 3.79. The van der Waals surface area contributed by atoms with Gasteiger partial charge in [-0.25, -0.2) is 18.6 Å². The first-order valence-corrected chi connectivity index (χ1v) is 9.80. The van der Waals surface area contributed by atoms with Crippen molar-refractivity contribution in [2.75, 3.05) is 18.0 Å². The molecule has 156 valence electrons. The zero-order chi connectivity index (χ0) is 21.0. The number of rotatable bonds is 7. The van der Waals surface area contributed by atoms with E-state index < -0.39 is 11.6 Å². The van der Waals surface area contributed by atoms with E-state index in [4.69, 9.17) is 17.3 Å². The Labute approximate surface area is 177 Å². The predicted octanol–water partition coefficient (Wildman–Crippen LogP) is 2.96. The van der Waals surface area contributed by atoms with Crippen molar-refractivity contribution in [3.05, 3.63) is 63.9 Å². The summed E-state index contributed by atoms with van der Waals surface area (Å²) < 4.78 is 42.3. The molecule has 0 radical (unpaired) electrons. The Morgan fingerprint density at radius 1 is 1.14 bits per heavy atom. The molecule has 3 rings (SSSR count). The highest BCUT2D eigenvalue weighted by Gasteiger charge is 2.25. The van der Waals surface area contributed by atoms with Crippen LogP contribution in [0.4, 0.5) is 18.9 Å². The molecule has 1 aliphatic heterocycles. The summed E-state index contributed by atoms with van der Waals surface area (Å²) in [6.07, 6.45) is 0.745. The molecular weight excluding hydrogens is 423 g/mol. The second-order valence-electron chi connectivity index (χ2n) is 6.79. The molecule has 1 fully saturated rings. The SMILES string of the molecule is NC(=S)NNCc1cc(F)c(N2CC[C@@H](NCc3cc(F)ccc3Cl)C2)cc1F. The molecule has 0 saturated carbocycles. The van der Waals surface area contributed by atoms with Crippen molar-refractivity contribution in [1.82, 2.24) is 16.2 Å². The Morgan fingerprint density at radius 2 is 1.93 bits per heavy atom. The second kappa shape index (κ2) is 9.62. The van der Waals surface area contributed by atoms with E-state index in [0.29, 0.717) is 30.2 Å². The summed E-state index contributed by atoms with van der Waals surface area (Å²) in [7, 11) is 0. The van der Waals surface area contributed by atoms with Crippen LogP contribution in [0.15, 0.2) is 30.3 Å². The lowest BCUT2D eigenvalue weighted by Gasteiger charge is -2.21. The van der Waals surface area contributed by atoms with Crippen LogP contribution < -0.4 is 26.8 Å². The van der Waals surface area contributed by atoms with E-state index in [0.717, 1.165) is 12.5 Å². The molecule has 0 bridgehead atoms. The fourth-order valence-corrected chi connectivity index (χ4v) is 3.52. The van der Waals surface area contributed by atoms with Gasteiger partial charge in [-0.2, -0.15) is 0 Å². The average Bonchev–Trinajstić information content (AvgIpc) is 3.13. The molecule has 2 aromatic carbocycles. The van der Waals surface area contributed by atoms with E-state index in [2.05, 4.69) is 28.4 Å². The summed E-state index contributed by atoms with van der Waals surface area (Å²) in [5.74, 6) is -1.39. The van der Waals surface area contributed by atoms with Crippen LogP contribution in [0.1, 0.15) is 17.5 Å². The molecule has 29 heavy (non-hydrogen) atoms. The second-order valence-corrected chi connectivity index (χ2v) is 7.63. The minimum atomic E-state index is -0.526. The van der Waals surface area contributed by atoms with Gasteiger partial charge in [0, 0.05) is 48.9 Å². The number of hydrogen-bond donors (Lipinski definition) is 4. The third-order valence-corrected chi connectivity index (χ3v) is 5.19. The summed E-state index contributed by atoms with van der Waals surface area (Å²) in [4.78, 5) is 1.79. The Morgan fingerprint density at radius 3 is 2.69 bits per heavy atom. The minimum absolute atomic E-state index is 0.0117. The molecule has 1 aliphatic rings. The first-order chi connectivity index (χ1) is 13.8. The van der Waals surface area contributed by atoms with Gasteiger partial charge in [0.15, 0.2) is 5.11 Å². The molecule has 2 aromatic rings. The van der Waals surface area contributed by atoms with E-state index in [1.165, 1.54) is 24.3 Å². The lowest BCUT2D eigenvalue weighted by atomic mass is 10.1. The molecule has 0 spiro atoms. The smallest absolute Gasteiger partial charge is 0.178 e. The molecule has 1 saturated heterocycles. The third-order valence-electron chi connectivity index (χ3n) is 4.72. The van der Waals surface area contributed by atoms with Crippen LogP contribution in [0.3, 0.4) is 0 Å². The number of hydrazine groups is 1. The summed E-state index contributed by atoms with van der Waals surface area (Å²) in [5.41, 5.74) is 11.4. The van der Waals surface area contributed by atoms with Crippen molar-refractivity contribution in [2.24, 2.45) is 5.73 Å². The predicted molar refractivity (Wildman–Crippen MR) is 112 cm³/mol. The van der Waals surface area contributed by atoms with Crippen molar-refractivity contribution >= 4 is 34.6 Å². The number of hydrogen-bond acceptors (Lipinski definition) is 4. The molecule has 1 atom stereocenters. The van der Waals surface area contributed by atoms with E-state index in [9.17, 15) is 13.2 Å². The van der Waals surface area contributed by atoms with Crippen molar-refractivity contribution in [2.45, 2.75) is 25.6 Å². The van der Waals surface area contributed by atoms with Gasteiger partial charge in [0.1, 0.15) is 17.5 Å². The zero-order valence-electron chi connectivity index (χ0n) is 15.4. The van der Waals surface area contributed by atoms with E-state index >= 15 is 0 Å². The number of anilines is 1. The van der Waals surface area contributed by atoms with Gasteiger partial charge < -0.3 is 16.0 Å². The Bertz CT molecular complexity index is 898. The van der Waals surface area contributed by atoms with Crippen LogP contribution in [0.25, 0.3) is 0 Å². The lowest BCUT2D eigenvalue weighted by molar-refractivity contribution is 0.545. The van der Waals surface area contributed by atoms with Crippen molar-refractivity contribution in [3.8, 4) is 0 Å². The summed E-state index contributed by atoms with van der Waals surface area (Å²) >= 11 is 10.7. The van der Waals surface area contributed by atoms with Crippen LogP contribution in [-0.4, -0.2) is 24.2 Å². The van der Waals surface area contributed by atoms with Crippen molar-refractivity contribution in [3.63, 3.8) is 0 Å². The average molecular weight is 444 g/mol. The van der Waals surface area contributed by atoms with Crippen LogP contribution >= 0.6 is 23.8 Å². The fraction of sp³-hybridized carbons (Fsp3) is 0.316. The molecule has 0 amide bonds. The van der Waals surface area contributed by atoms with E-state index in [1.54, 1.807) is 4.90 Å². The number of nitrogens with two attached hydrogens (primary N) is 1. The summed E-state index contributed by atoms with van der Waals surface area (Å²) in [6, 6.07) is 6.61. The maximum atomic E-state index is 14.6. The highest BCUT2D eigenvalue weighted by molar-refractivity contribution is 7.80. The van der Waals surface area contributed by atoms with Crippen LogP contribution in [0, 0.1) is 17.5 Å². The molecular formula is C19H21ClF3N5S. The van der Waals surface area contributed by atoms with Gasteiger partial charge in [0.25, 0.3) is 0 Å². The number of nitrogens with zero attached hydrogens (tertiary/aromatic N) is 1. The van der Waals surface area contributed by atoms with Crippen molar-refractivity contribution < 1.29 is 13.2 Å². The highest BCUT2D eigenvalue weighted by atomic mass is 35.5. The molecule has 0 aliphatic carbocycles. The zero-order valence-corrected chi connectivity index (χ0v) is 17.0. The fourth-order valence-electron chi connectivity index (χ4n) is 3.26. The highest BCUT2D eigenvalue weighted by Crippen LogP contribution is 2.27. The normalized spacial score (nSPS) is 16.3. The number of benzene rings is 2. The molecule has 0 aromatic heterocycles. The maximum Gasteiger partial charge on any atom is 0.178 e.